The number of esters is 1. The van der Waals surface area contributed by atoms with Crippen molar-refractivity contribution < 1.29 is 27.5 Å². The van der Waals surface area contributed by atoms with Crippen LogP contribution in [0.4, 0.5) is 5.69 Å². The van der Waals surface area contributed by atoms with Crippen molar-refractivity contribution in [2.24, 2.45) is 0 Å². The van der Waals surface area contributed by atoms with Crippen LogP contribution in [0.15, 0.2) is 53.4 Å². The summed E-state index contributed by atoms with van der Waals surface area (Å²) < 4.78 is 32.2. The molecule has 8 nitrogen and oxygen atoms in total. The maximum atomic E-state index is 12.4. The lowest BCUT2D eigenvalue weighted by molar-refractivity contribution is -0.154. The summed E-state index contributed by atoms with van der Waals surface area (Å²) in [5.74, 6) is -1.63. The van der Waals surface area contributed by atoms with Gasteiger partial charge in [-0.15, -0.1) is 0 Å². The van der Waals surface area contributed by atoms with E-state index in [2.05, 4.69) is 10.0 Å². The Morgan fingerprint density at radius 1 is 1.00 bits per heavy atom. The van der Waals surface area contributed by atoms with Gasteiger partial charge >= 0.3 is 5.97 Å². The largest absolute Gasteiger partial charge is 0.451 e. The SMILES string of the molecule is CC(=O)c1ccc(S(=O)(=O)N[C@@H](C)C(=O)O[C@@H](C)C(=O)Nc2cccc(C)c2)cc1. The van der Waals surface area contributed by atoms with Gasteiger partial charge in [-0.05, 0) is 57.5 Å². The lowest BCUT2D eigenvalue weighted by atomic mass is 10.2. The summed E-state index contributed by atoms with van der Waals surface area (Å²) in [5, 5.41) is 2.63. The molecule has 0 bridgehead atoms. The summed E-state index contributed by atoms with van der Waals surface area (Å²) in [6, 6.07) is 11.2. The van der Waals surface area contributed by atoms with E-state index in [1.54, 1.807) is 18.2 Å². The van der Waals surface area contributed by atoms with Gasteiger partial charge in [0.2, 0.25) is 10.0 Å². The lowest BCUT2D eigenvalue weighted by Crippen LogP contribution is -2.42. The highest BCUT2D eigenvalue weighted by atomic mass is 32.2. The van der Waals surface area contributed by atoms with E-state index in [4.69, 9.17) is 4.74 Å². The first-order valence-corrected chi connectivity index (χ1v) is 10.7. The maximum Gasteiger partial charge on any atom is 0.324 e. The molecule has 0 spiro atoms. The fraction of sp³-hybridized carbons (Fsp3) is 0.286. The second-order valence-electron chi connectivity index (χ2n) is 6.86. The van der Waals surface area contributed by atoms with Crippen molar-refractivity contribution in [2.75, 3.05) is 5.32 Å². The third-order valence-corrected chi connectivity index (χ3v) is 5.76. The Bertz CT molecular complexity index is 1050. The van der Waals surface area contributed by atoms with Crippen LogP contribution in [0.25, 0.3) is 0 Å². The van der Waals surface area contributed by atoms with E-state index in [-0.39, 0.29) is 10.7 Å². The molecule has 0 aromatic heterocycles. The van der Waals surface area contributed by atoms with Crippen molar-refractivity contribution in [3.05, 3.63) is 59.7 Å². The molecule has 2 N–H and O–H groups in total. The molecule has 1 amide bonds. The van der Waals surface area contributed by atoms with Crippen LogP contribution in [0, 0.1) is 6.92 Å². The summed E-state index contributed by atoms with van der Waals surface area (Å²) >= 11 is 0. The van der Waals surface area contributed by atoms with Crippen LogP contribution in [0.1, 0.15) is 36.7 Å². The van der Waals surface area contributed by atoms with Crippen LogP contribution < -0.4 is 10.0 Å². The minimum Gasteiger partial charge on any atom is -0.451 e. The van der Waals surface area contributed by atoms with Crippen molar-refractivity contribution in [1.82, 2.24) is 4.72 Å². The number of carbonyl (C=O) groups is 3. The van der Waals surface area contributed by atoms with E-state index in [9.17, 15) is 22.8 Å². The van der Waals surface area contributed by atoms with Crippen LogP contribution in [0.2, 0.25) is 0 Å². The minimum atomic E-state index is -4.02. The quantitative estimate of drug-likeness (QED) is 0.489. The number of ether oxygens (including phenoxy) is 1. The highest BCUT2D eigenvalue weighted by Gasteiger charge is 2.26. The second-order valence-corrected chi connectivity index (χ2v) is 8.58. The molecule has 2 rings (SSSR count). The van der Waals surface area contributed by atoms with Gasteiger partial charge in [0.25, 0.3) is 5.91 Å². The molecule has 0 fully saturated rings. The molecular weight excluding hydrogens is 408 g/mol. The highest BCUT2D eigenvalue weighted by molar-refractivity contribution is 7.89. The number of nitrogens with one attached hydrogen (secondary N) is 2. The Hall–Kier alpha value is -3.04. The monoisotopic (exact) mass is 432 g/mol. The smallest absolute Gasteiger partial charge is 0.324 e. The molecule has 0 heterocycles. The number of benzene rings is 2. The van der Waals surface area contributed by atoms with E-state index in [1.165, 1.54) is 45.0 Å². The number of aryl methyl sites for hydroxylation is 1. The molecule has 2 aromatic carbocycles. The minimum absolute atomic E-state index is 0.0996. The molecule has 0 unspecified atom stereocenters. The molecule has 0 saturated carbocycles. The van der Waals surface area contributed by atoms with Crippen LogP contribution in [-0.4, -0.2) is 38.2 Å². The van der Waals surface area contributed by atoms with Gasteiger partial charge in [0.1, 0.15) is 6.04 Å². The first-order chi connectivity index (χ1) is 14.0. The van der Waals surface area contributed by atoms with Gasteiger partial charge in [-0.1, -0.05) is 24.3 Å². The Morgan fingerprint density at radius 2 is 1.63 bits per heavy atom. The number of amides is 1. The molecule has 0 saturated heterocycles. The number of carbonyl (C=O) groups excluding carboxylic acids is 3. The fourth-order valence-electron chi connectivity index (χ4n) is 2.51. The van der Waals surface area contributed by atoms with Crippen molar-refractivity contribution >= 4 is 33.4 Å². The fourth-order valence-corrected chi connectivity index (χ4v) is 3.71. The summed E-state index contributed by atoms with van der Waals surface area (Å²) in [4.78, 5) is 35.7. The van der Waals surface area contributed by atoms with Crippen molar-refractivity contribution in [1.29, 1.82) is 0 Å². The highest BCUT2D eigenvalue weighted by Crippen LogP contribution is 2.13. The van der Waals surface area contributed by atoms with Gasteiger partial charge in [0.15, 0.2) is 11.9 Å². The number of hydrogen-bond donors (Lipinski definition) is 2. The van der Waals surface area contributed by atoms with Crippen LogP contribution in [-0.2, 0) is 24.3 Å². The van der Waals surface area contributed by atoms with Gasteiger partial charge in [0.05, 0.1) is 4.90 Å². The van der Waals surface area contributed by atoms with Crippen LogP contribution in [0.3, 0.4) is 0 Å². The molecule has 0 aliphatic carbocycles. The number of sulfonamides is 1. The molecule has 160 valence electrons. The number of hydrogen-bond acceptors (Lipinski definition) is 6. The lowest BCUT2D eigenvalue weighted by Gasteiger charge is -2.18. The van der Waals surface area contributed by atoms with E-state index in [0.717, 1.165) is 5.56 Å². The maximum absolute atomic E-state index is 12.4. The molecule has 0 radical (unpaired) electrons. The summed E-state index contributed by atoms with van der Waals surface area (Å²) in [7, 11) is -4.02. The summed E-state index contributed by atoms with van der Waals surface area (Å²) in [6.45, 7) is 5.95. The van der Waals surface area contributed by atoms with Gasteiger partial charge < -0.3 is 10.1 Å². The van der Waals surface area contributed by atoms with Crippen LogP contribution in [0.5, 0.6) is 0 Å². The van der Waals surface area contributed by atoms with Gasteiger partial charge in [0, 0.05) is 11.3 Å². The predicted molar refractivity (Wildman–Crippen MR) is 112 cm³/mol. The zero-order valence-electron chi connectivity index (χ0n) is 17.1. The Balaban J connectivity index is 1.97. The predicted octanol–water partition coefficient (Wildman–Crippen LogP) is 2.43. The Labute approximate surface area is 175 Å². The average Bonchev–Trinajstić information content (AvgIpc) is 2.67. The molecular formula is C21H24N2O6S. The number of Topliss-reactive ketones (excluding diaryl/α,β-unsaturated/α-hetero) is 1. The second kappa shape index (κ2) is 9.64. The van der Waals surface area contributed by atoms with Gasteiger partial charge in [-0.3, -0.25) is 14.4 Å². The number of anilines is 1. The molecule has 2 aromatic rings. The first-order valence-electron chi connectivity index (χ1n) is 9.21. The van der Waals surface area contributed by atoms with Gasteiger partial charge in [-0.25, -0.2) is 8.42 Å². The third-order valence-electron chi connectivity index (χ3n) is 4.20. The van der Waals surface area contributed by atoms with Crippen molar-refractivity contribution in [2.45, 2.75) is 44.7 Å². The first kappa shape index (κ1) is 23.2. The Morgan fingerprint density at radius 3 is 2.20 bits per heavy atom. The molecule has 2 atom stereocenters. The summed E-state index contributed by atoms with van der Waals surface area (Å²) in [6.07, 6.45) is -1.13. The van der Waals surface area contributed by atoms with Crippen LogP contribution >= 0.6 is 0 Å². The number of ketones is 1. The molecule has 9 heteroatoms. The Kier molecular flexibility index (Phi) is 7.47. The normalized spacial score (nSPS) is 13.2. The summed E-state index contributed by atoms with van der Waals surface area (Å²) in [5.41, 5.74) is 1.89. The third kappa shape index (κ3) is 6.23. The molecule has 0 aliphatic rings. The number of rotatable bonds is 8. The topological polar surface area (TPSA) is 119 Å². The van der Waals surface area contributed by atoms with E-state index in [1.807, 2.05) is 13.0 Å². The zero-order chi connectivity index (χ0) is 22.5. The molecule has 30 heavy (non-hydrogen) atoms. The van der Waals surface area contributed by atoms with Crippen molar-refractivity contribution in [3.63, 3.8) is 0 Å². The van der Waals surface area contributed by atoms with Gasteiger partial charge in [-0.2, -0.15) is 4.72 Å². The average molecular weight is 432 g/mol. The zero-order valence-corrected chi connectivity index (χ0v) is 17.9. The van der Waals surface area contributed by atoms with Crippen molar-refractivity contribution in [3.8, 4) is 0 Å². The van der Waals surface area contributed by atoms with E-state index < -0.39 is 34.0 Å². The van der Waals surface area contributed by atoms with E-state index >= 15 is 0 Å². The van der Waals surface area contributed by atoms with E-state index in [0.29, 0.717) is 11.3 Å². The standard InChI is InChI=1S/C21H24N2O6S/c1-13-6-5-7-18(12-13)22-20(25)16(4)29-21(26)14(2)23-30(27,28)19-10-8-17(9-11-19)15(3)24/h5-12,14,16,23H,1-4H3,(H,22,25)/t14-,16-/m0/s1. The molecule has 0 aliphatic heterocycles.